The van der Waals surface area contributed by atoms with Crippen LogP contribution in [0.2, 0.25) is 0 Å². The molecule has 0 radical (unpaired) electrons. The highest BCUT2D eigenvalue weighted by molar-refractivity contribution is 7.99. The molecule has 12 heavy (non-hydrogen) atoms. The van der Waals surface area contributed by atoms with Gasteiger partial charge < -0.3 is 5.11 Å². The molecule has 0 saturated heterocycles. The molecule has 1 aliphatic heterocycles. The third-order valence-corrected chi connectivity index (χ3v) is 3.39. The highest BCUT2D eigenvalue weighted by Crippen LogP contribution is 2.39. The number of thioether (sulfide) groups is 1. The predicted octanol–water partition coefficient (Wildman–Crippen LogP) is 2.39. The molecule has 1 nitrogen and oxygen atoms in total. The molecule has 64 valence electrons. The number of fused-ring (bicyclic) bond motifs is 1. The minimum Gasteiger partial charge on any atom is -0.385 e. The molecule has 0 bridgehead atoms. The van der Waals surface area contributed by atoms with Crippen LogP contribution in [0.3, 0.4) is 0 Å². The quantitative estimate of drug-likeness (QED) is 0.661. The van der Waals surface area contributed by atoms with Gasteiger partial charge in [0.2, 0.25) is 0 Å². The third-order valence-electron chi connectivity index (χ3n) is 2.31. The van der Waals surface area contributed by atoms with E-state index < -0.39 is 5.60 Å². The van der Waals surface area contributed by atoms with Crippen molar-refractivity contribution in [3.63, 3.8) is 0 Å². The van der Waals surface area contributed by atoms with Gasteiger partial charge in [0, 0.05) is 10.6 Å². The lowest BCUT2D eigenvalue weighted by molar-refractivity contribution is 0.0498. The summed E-state index contributed by atoms with van der Waals surface area (Å²) in [5.41, 5.74) is 0.475. The molecule has 1 N–H and O–H groups in total. The van der Waals surface area contributed by atoms with Crippen molar-refractivity contribution in [1.29, 1.82) is 0 Å². The summed E-state index contributed by atoms with van der Waals surface area (Å²) in [6, 6.07) is 8.10. The van der Waals surface area contributed by atoms with E-state index in [-0.39, 0.29) is 0 Å². The fourth-order valence-electron chi connectivity index (χ4n) is 1.53. The Morgan fingerprint density at radius 1 is 1.42 bits per heavy atom. The lowest BCUT2D eigenvalue weighted by atomic mass is 9.93. The minimum atomic E-state index is -0.609. The molecule has 1 heterocycles. The van der Waals surface area contributed by atoms with E-state index in [0.29, 0.717) is 0 Å². The Balaban J connectivity index is 2.52. The molecule has 1 aliphatic rings. The van der Waals surface area contributed by atoms with E-state index in [1.165, 1.54) is 4.90 Å². The Morgan fingerprint density at radius 2 is 2.17 bits per heavy atom. The summed E-state index contributed by atoms with van der Waals surface area (Å²) in [4.78, 5) is 1.23. The van der Waals surface area contributed by atoms with Gasteiger partial charge in [0.15, 0.2) is 0 Å². The number of hydrogen-bond acceptors (Lipinski definition) is 2. The summed E-state index contributed by atoms with van der Waals surface area (Å²) in [5.74, 6) is 1.02. The topological polar surface area (TPSA) is 20.2 Å². The molecule has 0 aromatic heterocycles. The van der Waals surface area contributed by atoms with E-state index >= 15 is 0 Å². The summed E-state index contributed by atoms with van der Waals surface area (Å²) < 4.78 is 0. The van der Waals surface area contributed by atoms with Crippen LogP contribution in [0.1, 0.15) is 18.9 Å². The summed E-state index contributed by atoms with van der Waals surface area (Å²) in [7, 11) is 0. The molecule has 0 fully saturated rings. The van der Waals surface area contributed by atoms with Crippen LogP contribution in [-0.2, 0) is 5.60 Å². The maximum Gasteiger partial charge on any atom is 0.0887 e. The Hall–Kier alpha value is -0.470. The van der Waals surface area contributed by atoms with Crippen molar-refractivity contribution in [2.75, 3.05) is 5.75 Å². The summed E-state index contributed by atoms with van der Waals surface area (Å²) >= 11 is 1.83. The monoisotopic (exact) mass is 180 g/mol. The first-order chi connectivity index (χ1) is 5.70. The van der Waals surface area contributed by atoms with Crippen molar-refractivity contribution in [1.82, 2.24) is 0 Å². The first kappa shape index (κ1) is 8.14. The molecule has 0 aliphatic carbocycles. The summed E-state index contributed by atoms with van der Waals surface area (Å²) in [6.45, 7) is 1.89. The average molecular weight is 180 g/mol. The van der Waals surface area contributed by atoms with E-state index in [4.69, 9.17) is 0 Å². The minimum absolute atomic E-state index is 0.609. The smallest absolute Gasteiger partial charge is 0.0887 e. The maximum atomic E-state index is 10.0. The first-order valence-corrected chi connectivity index (χ1v) is 5.13. The largest absolute Gasteiger partial charge is 0.385 e. The van der Waals surface area contributed by atoms with E-state index in [2.05, 4.69) is 6.07 Å². The zero-order valence-corrected chi connectivity index (χ0v) is 7.90. The lowest BCUT2D eigenvalue weighted by Gasteiger charge is -2.30. The van der Waals surface area contributed by atoms with Gasteiger partial charge in [0.1, 0.15) is 0 Å². The zero-order valence-electron chi connectivity index (χ0n) is 7.08. The van der Waals surface area contributed by atoms with Crippen LogP contribution >= 0.6 is 11.8 Å². The summed E-state index contributed by atoms with van der Waals surface area (Å²) in [5, 5.41) is 10.0. The van der Waals surface area contributed by atoms with E-state index in [1.54, 1.807) is 0 Å². The van der Waals surface area contributed by atoms with Crippen LogP contribution in [0.5, 0.6) is 0 Å². The fourth-order valence-corrected chi connectivity index (χ4v) is 2.87. The Morgan fingerprint density at radius 3 is 2.92 bits per heavy atom. The van der Waals surface area contributed by atoms with Crippen LogP contribution in [0.15, 0.2) is 29.2 Å². The van der Waals surface area contributed by atoms with Gasteiger partial charge in [-0.1, -0.05) is 18.2 Å². The predicted molar refractivity (Wildman–Crippen MR) is 51.4 cm³/mol. The Labute approximate surface area is 76.8 Å². The highest BCUT2D eigenvalue weighted by Gasteiger charge is 2.28. The molecule has 1 atom stereocenters. The molecular formula is C10H12OS. The van der Waals surface area contributed by atoms with Crippen LogP contribution < -0.4 is 0 Å². The van der Waals surface area contributed by atoms with Gasteiger partial charge in [0.25, 0.3) is 0 Å². The van der Waals surface area contributed by atoms with Gasteiger partial charge in [-0.05, 0) is 25.0 Å². The fraction of sp³-hybridized carbons (Fsp3) is 0.400. The lowest BCUT2D eigenvalue weighted by Crippen LogP contribution is -2.25. The van der Waals surface area contributed by atoms with Gasteiger partial charge in [0.05, 0.1) is 5.60 Å². The molecule has 0 spiro atoms. The second-order valence-corrected chi connectivity index (χ2v) is 4.51. The Bertz CT molecular complexity index is 294. The van der Waals surface area contributed by atoms with Gasteiger partial charge >= 0.3 is 0 Å². The van der Waals surface area contributed by atoms with Crippen LogP contribution in [-0.4, -0.2) is 10.9 Å². The number of rotatable bonds is 0. The molecule has 1 aromatic carbocycles. The van der Waals surface area contributed by atoms with Crippen molar-refractivity contribution >= 4 is 11.8 Å². The van der Waals surface area contributed by atoms with Gasteiger partial charge in [-0.15, -0.1) is 11.8 Å². The molecule has 1 unspecified atom stereocenters. The molecule has 2 rings (SSSR count). The molecular weight excluding hydrogens is 168 g/mol. The average Bonchev–Trinajstić information content (AvgIpc) is 2.04. The molecule has 2 heteroatoms. The van der Waals surface area contributed by atoms with E-state index in [1.807, 2.05) is 36.9 Å². The zero-order chi connectivity index (χ0) is 8.60. The molecule has 0 saturated carbocycles. The van der Waals surface area contributed by atoms with Crippen molar-refractivity contribution in [3.05, 3.63) is 29.8 Å². The maximum absolute atomic E-state index is 10.0. The van der Waals surface area contributed by atoms with E-state index in [0.717, 1.165) is 17.7 Å². The third kappa shape index (κ3) is 1.25. The summed E-state index contributed by atoms with van der Waals surface area (Å²) in [6.07, 6.45) is 0.856. The van der Waals surface area contributed by atoms with Crippen LogP contribution in [0.4, 0.5) is 0 Å². The molecule has 1 aromatic rings. The first-order valence-electron chi connectivity index (χ1n) is 4.15. The van der Waals surface area contributed by atoms with Crippen molar-refractivity contribution in [2.24, 2.45) is 0 Å². The van der Waals surface area contributed by atoms with Gasteiger partial charge in [-0.3, -0.25) is 0 Å². The van der Waals surface area contributed by atoms with Crippen molar-refractivity contribution in [2.45, 2.75) is 23.8 Å². The standard InChI is InChI=1S/C10H12OS/c1-10(11)6-7-12-9-5-3-2-4-8(9)10/h2-5,11H,6-7H2,1H3. The van der Waals surface area contributed by atoms with Gasteiger partial charge in [-0.25, -0.2) is 0 Å². The van der Waals surface area contributed by atoms with Crippen LogP contribution in [0.25, 0.3) is 0 Å². The number of benzene rings is 1. The second-order valence-electron chi connectivity index (χ2n) is 3.37. The number of aliphatic hydroxyl groups is 1. The SMILES string of the molecule is CC1(O)CCSc2ccccc21. The van der Waals surface area contributed by atoms with Crippen LogP contribution in [0, 0.1) is 0 Å². The Kier molecular flexibility index (Phi) is 1.89. The van der Waals surface area contributed by atoms with Gasteiger partial charge in [-0.2, -0.15) is 0 Å². The van der Waals surface area contributed by atoms with Crippen molar-refractivity contribution in [3.8, 4) is 0 Å². The highest BCUT2D eigenvalue weighted by atomic mass is 32.2. The number of hydrogen-bond donors (Lipinski definition) is 1. The molecule has 0 amide bonds. The van der Waals surface area contributed by atoms with Crippen molar-refractivity contribution < 1.29 is 5.11 Å². The van der Waals surface area contributed by atoms with E-state index in [9.17, 15) is 5.11 Å². The second kappa shape index (κ2) is 2.79. The normalized spacial score (nSPS) is 28.2.